The molecule has 126 valence electrons. The van der Waals surface area contributed by atoms with Gasteiger partial charge < -0.3 is 5.11 Å². The number of aliphatic hydroxyl groups is 1. The molecule has 1 N–H and O–H groups in total. The summed E-state index contributed by atoms with van der Waals surface area (Å²) in [6, 6.07) is 16.5. The molecule has 3 heteroatoms. The van der Waals surface area contributed by atoms with Gasteiger partial charge in [-0.05, 0) is 43.7 Å². The first-order valence-electron chi connectivity index (χ1n) is 8.84. The molecular formula is C21H24FNO. The van der Waals surface area contributed by atoms with Crippen molar-refractivity contribution in [2.24, 2.45) is 0 Å². The van der Waals surface area contributed by atoms with Crippen LogP contribution in [0.2, 0.25) is 0 Å². The number of hydrogen-bond acceptors (Lipinski definition) is 2. The number of fused-ring (bicyclic) bond motifs is 2. The Hall–Kier alpha value is -1.71. The number of halogens is 1. The van der Waals surface area contributed by atoms with E-state index in [-0.39, 0.29) is 5.82 Å². The fourth-order valence-electron chi connectivity index (χ4n) is 4.60. The summed E-state index contributed by atoms with van der Waals surface area (Å²) in [7, 11) is 0. The average Bonchev–Trinajstić information content (AvgIpc) is 2.82. The molecule has 24 heavy (non-hydrogen) atoms. The largest absolute Gasteiger partial charge is 0.385 e. The summed E-state index contributed by atoms with van der Waals surface area (Å²) < 4.78 is 14.6. The Morgan fingerprint density at radius 1 is 1.04 bits per heavy atom. The van der Waals surface area contributed by atoms with E-state index in [0.717, 1.165) is 19.4 Å². The Morgan fingerprint density at radius 3 is 2.38 bits per heavy atom. The number of benzene rings is 2. The van der Waals surface area contributed by atoms with Gasteiger partial charge in [-0.1, -0.05) is 48.5 Å². The van der Waals surface area contributed by atoms with E-state index in [1.165, 1.54) is 5.56 Å². The van der Waals surface area contributed by atoms with E-state index < -0.39 is 5.60 Å². The van der Waals surface area contributed by atoms with E-state index in [1.807, 2.05) is 12.1 Å². The maximum Gasteiger partial charge on any atom is 0.132 e. The maximum atomic E-state index is 14.6. The van der Waals surface area contributed by atoms with Crippen molar-refractivity contribution in [1.29, 1.82) is 0 Å². The highest BCUT2D eigenvalue weighted by molar-refractivity contribution is 5.31. The number of rotatable bonds is 3. The Kier molecular flexibility index (Phi) is 3.93. The molecule has 2 fully saturated rings. The van der Waals surface area contributed by atoms with E-state index in [2.05, 4.69) is 29.2 Å². The third-order valence-corrected chi connectivity index (χ3v) is 5.82. The summed E-state index contributed by atoms with van der Waals surface area (Å²) in [6.45, 7) is 2.68. The molecule has 0 saturated carbocycles. The van der Waals surface area contributed by atoms with Crippen LogP contribution in [0.3, 0.4) is 0 Å². The van der Waals surface area contributed by atoms with Gasteiger partial charge in [-0.25, -0.2) is 4.39 Å². The lowest BCUT2D eigenvalue weighted by Crippen LogP contribution is -2.49. The Bertz CT molecular complexity index is 716. The first kappa shape index (κ1) is 15.8. The number of aryl methyl sites for hydroxylation is 1. The van der Waals surface area contributed by atoms with Crippen LogP contribution in [-0.4, -0.2) is 22.1 Å². The van der Waals surface area contributed by atoms with Crippen LogP contribution in [0, 0.1) is 12.7 Å². The van der Waals surface area contributed by atoms with E-state index in [9.17, 15) is 9.50 Å². The van der Waals surface area contributed by atoms with Crippen LogP contribution in [0.5, 0.6) is 0 Å². The summed E-state index contributed by atoms with van der Waals surface area (Å²) in [5.74, 6) is -0.240. The van der Waals surface area contributed by atoms with Crippen LogP contribution in [-0.2, 0) is 12.1 Å². The normalized spacial score (nSPS) is 29.8. The van der Waals surface area contributed by atoms with Crippen LogP contribution in [0.25, 0.3) is 0 Å². The van der Waals surface area contributed by atoms with Gasteiger partial charge in [-0.3, -0.25) is 4.90 Å². The monoisotopic (exact) mass is 325 g/mol. The van der Waals surface area contributed by atoms with Gasteiger partial charge >= 0.3 is 0 Å². The number of hydrogen-bond donors (Lipinski definition) is 1. The highest BCUT2D eigenvalue weighted by Crippen LogP contribution is 2.47. The van der Waals surface area contributed by atoms with Gasteiger partial charge in [0.2, 0.25) is 0 Å². The van der Waals surface area contributed by atoms with Gasteiger partial charge in [0.15, 0.2) is 0 Å². The molecule has 0 aromatic heterocycles. The van der Waals surface area contributed by atoms with Crippen molar-refractivity contribution in [1.82, 2.24) is 4.90 Å². The molecule has 2 saturated heterocycles. The average molecular weight is 325 g/mol. The van der Waals surface area contributed by atoms with Gasteiger partial charge in [0, 0.05) is 24.2 Å². The van der Waals surface area contributed by atoms with Crippen molar-refractivity contribution >= 4 is 0 Å². The van der Waals surface area contributed by atoms with Crippen molar-refractivity contribution in [3.8, 4) is 0 Å². The molecule has 2 nitrogen and oxygen atoms in total. The van der Waals surface area contributed by atoms with Crippen LogP contribution < -0.4 is 0 Å². The Labute approximate surface area is 142 Å². The van der Waals surface area contributed by atoms with Gasteiger partial charge in [-0.2, -0.15) is 0 Å². The van der Waals surface area contributed by atoms with Gasteiger partial charge in [0.25, 0.3) is 0 Å². The second-order valence-corrected chi connectivity index (χ2v) is 7.42. The van der Waals surface area contributed by atoms with Crippen LogP contribution in [0.4, 0.5) is 4.39 Å². The Balaban J connectivity index is 1.59. The summed E-state index contributed by atoms with van der Waals surface area (Å²) in [5, 5.41) is 11.2. The van der Waals surface area contributed by atoms with Crippen molar-refractivity contribution in [3.05, 3.63) is 71.0 Å². The van der Waals surface area contributed by atoms with Crippen molar-refractivity contribution in [2.45, 2.75) is 56.8 Å². The molecule has 2 aliphatic heterocycles. The first-order valence-corrected chi connectivity index (χ1v) is 8.84. The van der Waals surface area contributed by atoms with Crippen molar-refractivity contribution in [2.75, 3.05) is 0 Å². The minimum absolute atomic E-state index is 0.240. The molecule has 0 amide bonds. The zero-order valence-corrected chi connectivity index (χ0v) is 14.1. The summed E-state index contributed by atoms with van der Waals surface area (Å²) in [5.41, 5.74) is 1.37. The molecule has 0 aliphatic carbocycles. The fraction of sp³-hybridized carbons (Fsp3) is 0.429. The molecule has 2 heterocycles. The lowest BCUT2D eigenvalue weighted by molar-refractivity contribution is -0.0616. The van der Waals surface area contributed by atoms with E-state index in [0.29, 0.717) is 36.1 Å². The topological polar surface area (TPSA) is 23.5 Å². The minimum Gasteiger partial charge on any atom is -0.385 e. The minimum atomic E-state index is -1.03. The quantitative estimate of drug-likeness (QED) is 0.916. The first-order chi connectivity index (χ1) is 11.6. The van der Waals surface area contributed by atoms with Gasteiger partial charge in [0.05, 0.1) is 5.60 Å². The van der Waals surface area contributed by atoms with Crippen LogP contribution in [0.1, 0.15) is 42.4 Å². The summed E-state index contributed by atoms with van der Waals surface area (Å²) in [6.07, 6.45) is 3.42. The van der Waals surface area contributed by atoms with E-state index >= 15 is 0 Å². The molecule has 2 atom stereocenters. The van der Waals surface area contributed by atoms with Gasteiger partial charge in [0.1, 0.15) is 5.82 Å². The SMILES string of the molecule is Cc1cccc(C2(O)CC3CCC(C2)N3Cc2ccccc2)c1F. The zero-order valence-electron chi connectivity index (χ0n) is 14.1. The summed E-state index contributed by atoms with van der Waals surface area (Å²) in [4.78, 5) is 2.51. The third-order valence-electron chi connectivity index (χ3n) is 5.82. The molecule has 0 radical (unpaired) electrons. The second-order valence-electron chi connectivity index (χ2n) is 7.42. The predicted molar refractivity (Wildman–Crippen MR) is 93.1 cm³/mol. The standard InChI is InChI=1S/C21H24FNO/c1-15-6-5-9-19(20(15)22)21(24)12-17-10-11-18(13-21)23(17)14-16-7-3-2-4-8-16/h2-9,17-18,24H,10-14H2,1H3. The molecule has 2 bridgehead atoms. The maximum absolute atomic E-state index is 14.6. The van der Waals surface area contributed by atoms with Crippen molar-refractivity contribution in [3.63, 3.8) is 0 Å². The molecule has 2 aliphatic rings. The highest BCUT2D eigenvalue weighted by Gasteiger charge is 2.49. The lowest BCUT2D eigenvalue weighted by Gasteiger charge is -2.44. The van der Waals surface area contributed by atoms with E-state index in [1.54, 1.807) is 19.1 Å². The molecular weight excluding hydrogens is 301 g/mol. The van der Waals surface area contributed by atoms with Crippen LogP contribution in [0.15, 0.2) is 48.5 Å². The predicted octanol–water partition coefficient (Wildman–Crippen LogP) is 4.15. The number of nitrogens with zero attached hydrogens (tertiary/aromatic N) is 1. The fourth-order valence-corrected chi connectivity index (χ4v) is 4.60. The molecule has 2 unspecified atom stereocenters. The zero-order chi connectivity index (χ0) is 16.7. The Morgan fingerprint density at radius 2 is 1.71 bits per heavy atom. The molecule has 0 spiro atoms. The van der Waals surface area contributed by atoms with Gasteiger partial charge in [-0.15, -0.1) is 0 Å². The summed E-state index contributed by atoms with van der Waals surface area (Å²) >= 11 is 0. The molecule has 2 aromatic carbocycles. The van der Waals surface area contributed by atoms with Crippen LogP contribution >= 0.6 is 0 Å². The second kappa shape index (κ2) is 5.98. The van der Waals surface area contributed by atoms with Crippen molar-refractivity contribution < 1.29 is 9.50 Å². The third kappa shape index (κ3) is 2.66. The molecule has 4 rings (SSSR count). The number of piperidine rings is 1. The molecule has 2 aromatic rings. The smallest absolute Gasteiger partial charge is 0.132 e. The van der Waals surface area contributed by atoms with E-state index in [4.69, 9.17) is 0 Å². The lowest BCUT2D eigenvalue weighted by atomic mass is 9.79. The highest BCUT2D eigenvalue weighted by atomic mass is 19.1.